The molecule has 0 aliphatic heterocycles. The molecule has 0 saturated heterocycles. The van der Waals surface area contributed by atoms with Gasteiger partial charge < -0.3 is 10.4 Å². The van der Waals surface area contributed by atoms with E-state index in [-0.39, 0.29) is 5.82 Å². The fraction of sp³-hybridized carbons (Fsp3) is 0.222. The number of aliphatic hydroxyl groups is 1. The van der Waals surface area contributed by atoms with Gasteiger partial charge in [-0.1, -0.05) is 22.9 Å². The van der Waals surface area contributed by atoms with E-state index in [0.717, 1.165) is 33.3 Å². The zero-order valence-corrected chi connectivity index (χ0v) is 21.5. The van der Waals surface area contributed by atoms with Gasteiger partial charge in [0.05, 0.1) is 34.2 Å². The van der Waals surface area contributed by atoms with Crippen molar-refractivity contribution in [2.45, 2.75) is 32.4 Å². The second-order valence-electron chi connectivity index (χ2n) is 9.41. The summed E-state index contributed by atoms with van der Waals surface area (Å²) in [6.45, 7) is 5.15. The highest BCUT2D eigenvalue weighted by Crippen LogP contribution is 2.36. The summed E-state index contributed by atoms with van der Waals surface area (Å²) in [5.41, 5.74) is 3.93. The third-order valence-corrected chi connectivity index (χ3v) is 6.47. The summed E-state index contributed by atoms with van der Waals surface area (Å²) >= 11 is 6.59. The molecule has 2 aromatic carbocycles. The van der Waals surface area contributed by atoms with Gasteiger partial charge in [-0.05, 0) is 56.7 Å². The molecule has 5 rings (SSSR count). The number of fused-ring (bicyclic) bond motifs is 1. The first kappa shape index (κ1) is 24.7. The molecule has 3 aromatic heterocycles. The predicted octanol–water partition coefficient (Wildman–Crippen LogP) is 5.68. The Bertz CT molecular complexity index is 1600. The van der Waals surface area contributed by atoms with E-state index >= 15 is 0 Å². The topological polar surface area (TPSA) is 102 Å². The van der Waals surface area contributed by atoms with E-state index in [1.807, 2.05) is 25.1 Å². The second-order valence-corrected chi connectivity index (χ2v) is 9.82. The van der Waals surface area contributed by atoms with E-state index in [0.29, 0.717) is 22.1 Å². The van der Waals surface area contributed by atoms with Crippen LogP contribution in [0.2, 0.25) is 5.02 Å². The summed E-state index contributed by atoms with van der Waals surface area (Å²) in [7, 11) is 1.79. The highest BCUT2D eigenvalue weighted by molar-refractivity contribution is 6.34. The molecule has 0 aliphatic carbocycles. The Morgan fingerprint density at radius 2 is 1.70 bits per heavy atom. The highest BCUT2D eigenvalue weighted by atomic mass is 35.5. The van der Waals surface area contributed by atoms with Crippen molar-refractivity contribution in [3.63, 3.8) is 0 Å². The monoisotopic (exact) mass is 517 g/mol. The van der Waals surface area contributed by atoms with Gasteiger partial charge >= 0.3 is 0 Å². The first-order chi connectivity index (χ1) is 17.6. The fourth-order valence-electron chi connectivity index (χ4n) is 4.17. The maximum Gasteiger partial charge on any atom is 0.159 e. The molecule has 3 heterocycles. The molecule has 5 aromatic rings. The fourth-order valence-corrected chi connectivity index (χ4v) is 4.37. The first-order valence-corrected chi connectivity index (χ1v) is 12.0. The Hall–Kier alpha value is -3.95. The lowest BCUT2D eigenvalue weighted by Crippen LogP contribution is -2.19. The number of anilines is 1. The minimum Gasteiger partial charge on any atom is -0.382 e. The molecule has 0 spiro atoms. The van der Waals surface area contributed by atoms with Crippen LogP contribution in [0.5, 0.6) is 0 Å². The maximum atomic E-state index is 14.9. The van der Waals surface area contributed by atoms with Crippen LogP contribution in [0.4, 0.5) is 10.1 Å². The molecular formula is C27H25ClFN7O. The molecule has 0 bridgehead atoms. The van der Waals surface area contributed by atoms with E-state index in [1.165, 1.54) is 6.07 Å². The van der Waals surface area contributed by atoms with Gasteiger partial charge in [0.2, 0.25) is 0 Å². The largest absolute Gasteiger partial charge is 0.382 e. The van der Waals surface area contributed by atoms with E-state index in [1.54, 1.807) is 62.5 Å². The maximum absolute atomic E-state index is 14.9. The molecule has 37 heavy (non-hydrogen) atoms. The van der Waals surface area contributed by atoms with E-state index in [4.69, 9.17) is 11.6 Å². The van der Waals surface area contributed by atoms with Crippen molar-refractivity contribution >= 4 is 28.2 Å². The van der Waals surface area contributed by atoms with Crippen LogP contribution in [0.3, 0.4) is 0 Å². The summed E-state index contributed by atoms with van der Waals surface area (Å²) < 4.78 is 16.6. The van der Waals surface area contributed by atoms with Crippen LogP contribution in [0.25, 0.3) is 33.3 Å². The minimum atomic E-state index is -1.13. The molecule has 0 amide bonds. The van der Waals surface area contributed by atoms with Crippen molar-refractivity contribution in [1.82, 2.24) is 29.9 Å². The van der Waals surface area contributed by atoms with E-state index in [2.05, 4.69) is 30.6 Å². The van der Waals surface area contributed by atoms with Gasteiger partial charge in [0.15, 0.2) is 5.82 Å². The molecule has 0 aliphatic rings. The lowest BCUT2D eigenvalue weighted by Gasteiger charge is -2.20. The van der Waals surface area contributed by atoms with E-state index < -0.39 is 11.6 Å². The van der Waals surface area contributed by atoms with Crippen molar-refractivity contribution in [2.24, 2.45) is 7.05 Å². The van der Waals surface area contributed by atoms with Crippen LogP contribution in [0.1, 0.15) is 38.2 Å². The lowest BCUT2D eigenvalue weighted by molar-refractivity contribution is 0.0687. The molecule has 10 heteroatoms. The van der Waals surface area contributed by atoms with Gasteiger partial charge in [-0.2, -0.15) is 0 Å². The van der Waals surface area contributed by atoms with Crippen molar-refractivity contribution < 1.29 is 9.50 Å². The zero-order chi connectivity index (χ0) is 26.3. The van der Waals surface area contributed by atoms with Crippen LogP contribution in [-0.2, 0) is 12.6 Å². The van der Waals surface area contributed by atoms with Crippen molar-refractivity contribution in [1.29, 1.82) is 0 Å². The van der Waals surface area contributed by atoms with E-state index in [9.17, 15) is 9.50 Å². The number of aromatic nitrogens is 6. The molecule has 188 valence electrons. The standard InChI is InChI=1S/C27H25ClFN7O/c1-15(19-10-17(5-7-22(19)29)24-14-33-35-36(24)4)34-25-20-9-16(6-8-23(20)30-13-21(25)28)18-11-31-26(32-12-18)27(2,3)37/h5-15,37H,1-4H3,(H,30,34). The number of aryl methyl sites for hydroxylation is 1. The minimum absolute atomic E-state index is 0.335. The van der Waals surface area contributed by atoms with Crippen LogP contribution >= 0.6 is 11.6 Å². The van der Waals surface area contributed by atoms with Crippen LogP contribution < -0.4 is 5.32 Å². The summed E-state index contributed by atoms with van der Waals surface area (Å²) in [6, 6.07) is 10.3. The Labute approximate surface area is 218 Å². The quantitative estimate of drug-likeness (QED) is 0.299. The Morgan fingerprint density at radius 3 is 2.38 bits per heavy atom. The Balaban J connectivity index is 1.52. The summed E-state index contributed by atoms with van der Waals surface area (Å²) in [4.78, 5) is 13.1. The smallest absolute Gasteiger partial charge is 0.159 e. The van der Waals surface area contributed by atoms with Gasteiger partial charge in [0, 0.05) is 47.7 Å². The van der Waals surface area contributed by atoms with Crippen molar-refractivity contribution in [3.8, 4) is 22.4 Å². The predicted molar refractivity (Wildman–Crippen MR) is 141 cm³/mol. The lowest BCUT2D eigenvalue weighted by atomic mass is 10.0. The zero-order valence-electron chi connectivity index (χ0n) is 20.7. The number of rotatable bonds is 6. The Kier molecular flexibility index (Phi) is 6.35. The molecule has 0 saturated carbocycles. The molecule has 2 N–H and O–H groups in total. The number of nitrogens with zero attached hydrogens (tertiary/aromatic N) is 6. The number of hydrogen-bond acceptors (Lipinski definition) is 7. The van der Waals surface area contributed by atoms with Crippen LogP contribution in [0.15, 0.2) is 61.2 Å². The van der Waals surface area contributed by atoms with Gasteiger partial charge in [-0.15, -0.1) is 5.10 Å². The number of nitrogens with one attached hydrogen (secondary N) is 1. The summed E-state index contributed by atoms with van der Waals surface area (Å²) in [5, 5.41) is 22.6. The van der Waals surface area contributed by atoms with Crippen LogP contribution in [0, 0.1) is 5.82 Å². The SMILES string of the molecule is CC(Nc1c(Cl)cnc2ccc(-c3cnc(C(C)(C)O)nc3)cc12)c1cc(-c2cnnn2C)ccc1F. The average Bonchev–Trinajstić information content (AvgIpc) is 3.31. The molecule has 0 fully saturated rings. The Morgan fingerprint density at radius 1 is 0.973 bits per heavy atom. The second kappa shape index (κ2) is 9.49. The van der Waals surface area contributed by atoms with Gasteiger partial charge in [-0.3, -0.25) is 4.98 Å². The van der Waals surface area contributed by atoms with Gasteiger partial charge in [0.1, 0.15) is 11.4 Å². The molecular weight excluding hydrogens is 493 g/mol. The molecule has 1 atom stereocenters. The number of benzene rings is 2. The van der Waals surface area contributed by atoms with Crippen molar-refractivity contribution in [2.75, 3.05) is 5.32 Å². The normalized spacial score (nSPS) is 12.6. The molecule has 8 nitrogen and oxygen atoms in total. The molecule has 0 radical (unpaired) electrons. The van der Waals surface area contributed by atoms with Crippen molar-refractivity contribution in [3.05, 3.63) is 83.4 Å². The van der Waals surface area contributed by atoms with Crippen LogP contribution in [-0.4, -0.2) is 35.1 Å². The van der Waals surface area contributed by atoms with Gasteiger partial charge in [0.25, 0.3) is 0 Å². The number of halogens is 2. The van der Waals surface area contributed by atoms with Gasteiger partial charge in [-0.25, -0.2) is 19.0 Å². The number of pyridine rings is 1. The number of hydrogen-bond donors (Lipinski definition) is 2. The molecule has 1 unspecified atom stereocenters. The highest BCUT2D eigenvalue weighted by Gasteiger charge is 2.20. The summed E-state index contributed by atoms with van der Waals surface area (Å²) in [5.74, 6) is 0.00203. The average molecular weight is 518 g/mol. The first-order valence-electron chi connectivity index (χ1n) is 11.7. The third-order valence-electron chi connectivity index (χ3n) is 6.19. The summed E-state index contributed by atoms with van der Waals surface area (Å²) in [6.07, 6.45) is 6.56. The third kappa shape index (κ3) is 4.87.